The standard InChI is InChI=1S/C23H34O4/c1-21-8-5-16(24)12-15(21)3-4-19-18(21)6-9-22(2)17(7-10-23(19,22)26)14-11-20(25)27-13-14/h11,15-19,24,26H,3-10,12-13H2,1-2H3/t15-,16+,17-,18+,19-,21-,22-,23-/m0/s1. The second-order valence-electron chi connectivity index (χ2n) is 10.7. The number of ether oxygens (including phenoxy) is 1. The third-order valence-corrected chi connectivity index (χ3v) is 9.96. The van der Waals surface area contributed by atoms with Gasteiger partial charge in [0.05, 0.1) is 11.7 Å². The lowest BCUT2D eigenvalue weighted by molar-refractivity contribution is -0.208. The number of carbonyl (C=O) groups is 1. The predicted molar refractivity (Wildman–Crippen MR) is 102 cm³/mol. The van der Waals surface area contributed by atoms with Gasteiger partial charge in [-0.15, -0.1) is 0 Å². The molecule has 0 bridgehead atoms. The van der Waals surface area contributed by atoms with Gasteiger partial charge in [0.15, 0.2) is 0 Å². The number of hydrogen-bond donors (Lipinski definition) is 2. The first-order valence-corrected chi connectivity index (χ1v) is 11.1. The van der Waals surface area contributed by atoms with Crippen LogP contribution in [0.4, 0.5) is 0 Å². The predicted octanol–water partition coefficient (Wildman–Crippen LogP) is 3.60. The van der Waals surface area contributed by atoms with Crippen molar-refractivity contribution >= 4 is 5.97 Å². The van der Waals surface area contributed by atoms with Gasteiger partial charge in [0.25, 0.3) is 0 Å². The maximum absolute atomic E-state index is 12.1. The summed E-state index contributed by atoms with van der Waals surface area (Å²) in [6, 6.07) is 0. The molecule has 0 aromatic carbocycles. The van der Waals surface area contributed by atoms with Crippen molar-refractivity contribution in [3.05, 3.63) is 11.6 Å². The summed E-state index contributed by atoms with van der Waals surface area (Å²) < 4.78 is 5.20. The summed E-state index contributed by atoms with van der Waals surface area (Å²) in [5, 5.41) is 22.3. The number of fused-ring (bicyclic) bond motifs is 5. The first-order chi connectivity index (χ1) is 12.8. The van der Waals surface area contributed by atoms with Crippen LogP contribution >= 0.6 is 0 Å². The molecular weight excluding hydrogens is 340 g/mol. The van der Waals surface area contributed by atoms with Crippen molar-refractivity contribution in [2.45, 2.75) is 83.3 Å². The Hall–Kier alpha value is -0.870. The minimum atomic E-state index is -0.628. The monoisotopic (exact) mass is 374 g/mol. The van der Waals surface area contributed by atoms with Gasteiger partial charge >= 0.3 is 5.97 Å². The van der Waals surface area contributed by atoms with Gasteiger partial charge in [-0.2, -0.15) is 0 Å². The molecule has 0 spiro atoms. The Morgan fingerprint density at radius 2 is 1.85 bits per heavy atom. The van der Waals surface area contributed by atoms with Crippen LogP contribution in [0.2, 0.25) is 0 Å². The van der Waals surface area contributed by atoms with Gasteiger partial charge in [-0.1, -0.05) is 13.8 Å². The van der Waals surface area contributed by atoms with Gasteiger partial charge in [-0.05, 0) is 92.4 Å². The molecule has 150 valence electrons. The fourth-order valence-corrected chi connectivity index (χ4v) is 8.39. The zero-order valence-corrected chi connectivity index (χ0v) is 16.7. The number of carbonyl (C=O) groups excluding carboxylic acids is 1. The third-order valence-electron chi connectivity index (χ3n) is 9.96. The van der Waals surface area contributed by atoms with Crippen LogP contribution in [0.3, 0.4) is 0 Å². The molecule has 5 rings (SSSR count). The Kier molecular flexibility index (Phi) is 3.92. The average Bonchev–Trinajstić information content (AvgIpc) is 3.16. The van der Waals surface area contributed by atoms with Crippen molar-refractivity contribution in [1.29, 1.82) is 0 Å². The number of hydrogen-bond acceptors (Lipinski definition) is 4. The topological polar surface area (TPSA) is 66.8 Å². The first kappa shape index (κ1) is 18.2. The quantitative estimate of drug-likeness (QED) is 0.688. The molecule has 0 aromatic rings. The highest BCUT2D eigenvalue weighted by molar-refractivity contribution is 5.85. The number of rotatable bonds is 1. The largest absolute Gasteiger partial charge is 0.458 e. The van der Waals surface area contributed by atoms with Gasteiger partial charge in [-0.25, -0.2) is 4.79 Å². The number of cyclic esters (lactones) is 1. The zero-order chi connectivity index (χ0) is 19.0. The summed E-state index contributed by atoms with van der Waals surface area (Å²) >= 11 is 0. The Balaban J connectivity index is 1.47. The summed E-state index contributed by atoms with van der Waals surface area (Å²) in [7, 11) is 0. The normalized spacial score (nSPS) is 54.6. The van der Waals surface area contributed by atoms with Gasteiger partial charge in [-0.3, -0.25) is 0 Å². The smallest absolute Gasteiger partial charge is 0.331 e. The molecule has 0 aromatic heterocycles. The molecule has 4 fully saturated rings. The van der Waals surface area contributed by atoms with Crippen molar-refractivity contribution in [2.75, 3.05) is 6.61 Å². The molecule has 5 aliphatic rings. The first-order valence-electron chi connectivity index (χ1n) is 11.1. The van der Waals surface area contributed by atoms with Crippen LogP contribution in [-0.4, -0.2) is 34.5 Å². The third kappa shape index (κ3) is 2.32. The Morgan fingerprint density at radius 3 is 2.59 bits per heavy atom. The molecule has 0 amide bonds. The summed E-state index contributed by atoms with van der Waals surface area (Å²) in [5.41, 5.74) is 0.600. The molecule has 27 heavy (non-hydrogen) atoms. The lowest BCUT2D eigenvalue weighted by Crippen LogP contribution is -2.62. The maximum Gasteiger partial charge on any atom is 0.331 e. The molecule has 4 aliphatic carbocycles. The van der Waals surface area contributed by atoms with E-state index in [1.807, 2.05) is 0 Å². The SMILES string of the molecule is C[C@]12CC[C@@H](O)C[C@@H]1CC[C@H]1[C@H]2CC[C@@]2(C)[C@H](C3=CC(=O)OC3)CC[C@]12O. The van der Waals surface area contributed by atoms with E-state index in [-0.39, 0.29) is 28.8 Å². The van der Waals surface area contributed by atoms with Crippen LogP contribution in [-0.2, 0) is 9.53 Å². The van der Waals surface area contributed by atoms with Crippen molar-refractivity contribution in [1.82, 2.24) is 0 Å². The van der Waals surface area contributed by atoms with Crippen LogP contribution in [0.25, 0.3) is 0 Å². The van der Waals surface area contributed by atoms with E-state index in [1.165, 1.54) is 6.42 Å². The van der Waals surface area contributed by atoms with Crippen LogP contribution in [0.5, 0.6) is 0 Å². The zero-order valence-electron chi connectivity index (χ0n) is 16.7. The molecule has 1 aliphatic heterocycles. The van der Waals surface area contributed by atoms with Crippen molar-refractivity contribution in [3.8, 4) is 0 Å². The molecule has 2 N–H and O–H groups in total. The Labute approximate surface area is 162 Å². The molecule has 4 heteroatoms. The summed E-state index contributed by atoms with van der Waals surface area (Å²) in [6.45, 7) is 5.15. The molecule has 0 unspecified atom stereocenters. The fourth-order valence-electron chi connectivity index (χ4n) is 8.39. The van der Waals surface area contributed by atoms with Crippen LogP contribution in [0.15, 0.2) is 11.6 Å². The van der Waals surface area contributed by atoms with E-state index < -0.39 is 5.60 Å². The number of aliphatic hydroxyl groups excluding tert-OH is 1. The van der Waals surface area contributed by atoms with Gasteiger partial charge in [0.2, 0.25) is 0 Å². The molecule has 4 saturated carbocycles. The summed E-state index contributed by atoms with van der Waals surface area (Å²) in [5.74, 6) is 1.59. The van der Waals surface area contributed by atoms with Gasteiger partial charge in [0.1, 0.15) is 6.61 Å². The average molecular weight is 375 g/mol. The highest BCUT2D eigenvalue weighted by Crippen LogP contribution is 2.69. The Bertz CT molecular complexity index is 686. The summed E-state index contributed by atoms with van der Waals surface area (Å²) in [4.78, 5) is 11.6. The van der Waals surface area contributed by atoms with Crippen molar-refractivity contribution < 1.29 is 19.7 Å². The lowest BCUT2D eigenvalue weighted by atomic mass is 9.43. The van der Waals surface area contributed by atoms with Crippen LogP contribution in [0.1, 0.15) is 71.6 Å². The van der Waals surface area contributed by atoms with E-state index in [0.29, 0.717) is 24.4 Å². The second-order valence-corrected chi connectivity index (χ2v) is 10.7. The minimum absolute atomic E-state index is 0.126. The van der Waals surface area contributed by atoms with Crippen molar-refractivity contribution in [3.63, 3.8) is 0 Å². The van der Waals surface area contributed by atoms with E-state index in [4.69, 9.17) is 4.74 Å². The van der Waals surface area contributed by atoms with E-state index in [9.17, 15) is 15.0 Å². The van der Waals surface area contributed by atoms with E-state index >= 15 is 0 Å². The summed E-state index contributed by atoms with van der Waals surface area (Å²) in [6.07, 6.45) is 10.8. The van der Waals surface area contributed by atoms with Gasteiger partial charge < -0.3 is 14.9 Å². The van der Waals surface area contributed by atoms with Crippen LogP contribution < -0.4 is 0 Å². The molecule has 0 radical (unpaired) electrons. The minimum Gasteiger partial charge on any atom is -0.458 e. The van der Waals surface area contributed by atoms with E-state index in [2.05, 4.69) is 13.8 Å². The van der Waals surface area contributed by atoms with E-state index in [0.717, 1.165) is 56.9 Å². The number of aliphatic hydroxyl groups is 2. The maximum atomic E-state index is 12.1. The second kappa shape index (κ2) is 5.82. The highest BCUT2D eigenvalue weighted by Gasteiger charge is 2.67. The molecule has 0 saturated heterocycles. The number of esters is 1. The molecule has 8 atom stereocenters. The van der Waals surface area contributed by atoms with Crippen LogP contribution in [0, 0.1) is 34.5 Å². The fraction of sp³-hybridized carbons (Fsp3) is 0.870. The van der Waals surface area contributed by atoms with E-state index in [1.54, 1.807) is 6.08 Å². The molecular formula is C23H34O4. The van der Waals surface area contributed by atoms with Crippen molar-refractivity contribution in [2.24, 2.45) is 34.5 Å². The van der Waals surface area contributed by atoms with Gasteiger partial charge in [0, 0.05) is 11.5 Å². The molecule has 4 nitrogen and oxygen atoms in total. The Morgan fingerprint density at radius 1 is 1.04 bits per heavy atom. The molecule has 1 heterocycles. The lowest BCUT2D eigenvalue weighted by Gasteiger charge is -2.63. The highest BCUT2D eigenvalue weighted by atomic mass is 16.5.